The smallest absolute Gasteiger partial charge is 0.222 e. The van der Waals surface area contributed by atoms with E-state index in [1.807, 2.05) is 41.2 Å². The summed E-state index contributed by atoms with van der Waals surface area (Å²) in [6, 6.07) is 2.27. The van der Waals surface area contributed by atoms with Crippen molar-refractivity contribution in [2.45, 2.75) is 45.2 Å². The zero-order valence-corrected chi connectivity index (χ0v) is 13.1. The van der Waals surface area contributed by atoms with Crippen LogP contribution in [0.5, 0.6) is 0 Å². The van der Waals surface area contributed by atoms with Gasteiger partial charge >= 0.3 is 0 Å². The van der Waals surface area contributed by atoms with E-state index in [1.54, 1.807) is 6.20 Å². The van der Waals surface area contributed by atoms with Crippen molar-refractivity contribution in [2.75, 3.05) is 13.1 Å². The van der Waals surface area contributed by atoms with Crippen LogP contribution in [0.1, 0.15) is 37.5 Å². The van der Waals surface area contributed by atoms with E-state index in [0.717, 1.165) is 44.7 Å². The first-order valence-electron chi connectivity index (χ1n) is 7.98. The fraction of sp³-hybridized carbons (Fsp3) is 0.562. The molecule has 0 unspecified atom stereocenters. The summed E-state index contributed by atoms with van der Waals surface area (Å²) in [5.41, 5.74) is 0. The second kappa shape index (κ2) is 6.77. The summed E-state index contributed by atoms with van der Waals surface area (Å²) >= 11 is 0. The van der Waals surface area contributed by atoms with Crippen LogP contribution in [0.2, 0.25) is 0 Å². The fourth-order valence-electron chi connectivity index (χ4n) is 3.16. The van der Waals surface area contributed by atoms with Crippen molar-refractivity contribution < 1.29 is 4.79 Å². The molecule has 0 aromatic carbocycles. The Bertz CT molecular complexity index is 604. The summed E-state index contributed by atoms with van der Waals surface area (Å²) in [6.07, 6.45) is 11.2. The van der Waals surface area contributed by atoms with Crippen LogP contribution in [0.25, 0.3) is 0 Å². The van der Waals surface area contributed by atoms with E-state index in [4.69, 9.17) is 0 Å². The lowest BCUT2D eigenvalue weighted by molar-refractivity contribution is -0.133. The Kier molecular flexibility index (Phi) is 4.56. The number of aryl methyl sites for hydroxylation is 2. The van der Waals surface area contributed by atoms with Crippen molar-refractivity contribution in [1.82, 2.24) is 24.2 Å². The van der Waals surface area contributed by atoms with Gasteiger partial charge in [0.2, 0.25) is 5.91 Å². The molecular formula is C16H23N5O. The largest absolute Gasteiger partial charge is 0.341 e. The molecule has 6 heteroatoms. The Morgan fingerprint density at radius 3 is 3.00 bits per heavy atom. The number of nitrogens with zero attached hydrogens (tertiary/aromatic N) is 5. The van der Waals surface area contributed by atoms with Crippen molar-refractivity contribution in [3.05, 3.63) is 36.7 Å². The van der Waals surface area contributed by atoms with Gasteiger partial charge in [-0.2, -0.15) is 5.10 Å². The van der Waals surface area contributed by atoms with E-state index < -0.39 is 0 Å². The summed E-state index contributed by atoms with van der Waals surface area (Å²) < 4.78 is 4.07. The summed E-state index contributed by atoms with van der Waals surface area (Å²) in [6.45, 7) is 4.50. The van der Waals surface area contributed by atoms with Gasteiger partial charge in [0.25, 0.3) is 0 Å². The molecule has 0 aliphatic carbocycles. The van der Waals surface area contributed by atoms with Gasteiger partial charge in [-0.15, -0.1) is 0 Å². The third-order valence-corrected chi connectivity index (χ3v) is 4.34. The topological polar surface area (TPSA) is 56.0 Å². The van der Waals surface area contributed by atoms with Gasteiger partial charge in [-0.1, -0.05) is 0 Å². The van der Waals surface area contributed by atoms with Crippen LogP contribution in [0, 0.1) is 6.92 Å². The molecule has 2 aromatic heterocycles. The second-order valence-electron chi connectivity index (χ2n) is 5.89. The van der Waals surface area contributed by atoms with Crippen molar-refractivity contribution >= 4 is 5.91 Å². The van der Waals surface area contributed by atoms with Crippen molar-refractivity contribution in [3.8, 4) is 0 Å². The minimum absolute atomic E-state index is 0.259. The summed E-state index contributed by atoms with van der Waals surface area (Å²) in [5.74, 6) is 1.28. The molecule has 0 bridgehead atoms. The molecule has 22 heavy (non-hydrogen) atoms. The monoisotopic (exact) mass is 301 g/mol. The SMILES string of the molecule is Cc1nccn1[C@@H]1CCCN(C(=O)CCCn2cccn2)C1. The molecule has 0 spiro atoms. The van der Waals surface area contributed by atoms with Gasteiger partial charge in [0, 0.05) is 50.8 Å². The Morgan fingerprint density at radius 2 is 2.27 bits per heavy atom. The van der Waals surface area contributed by atoms with Gasteiger partial charge < -0.3 is 9.47 Å². The minimum Gasteiger partial charge on any atom is -0.341 e. The molecular weight excluding hydrogens is 278 g/mol. The first-order valence-corrected chi connectivity index (χ1v) is 7.98. The third-order valence-electron chi connectivity index (χ3n) is 4.34. The molecule has 1 saturated heterocycles. The van der Waals surface area contributed by atoms with Crippen LogP contribution in [0.4, 0.5) is 0 Å². The molecule has 1 amide bonds. The summed E-state index contributed by atoms with van der Waals surface area (Å²) in [5, 5.41) is 4.16. The highest BCUT2D eigenvalue weighted by atomic mass is 16.2. The van der Waals surface area contributed by atoms with Crippen molar-refractivity contribution in [3.63, 3.8) is 0 Å². The maximum Gasteiger partial charge on any atom is 0.222 e. The van der Waals surface area contributed by atoms with Gasteiger partial charge in [0.15, 0.2) is 0 Å². The standard InChI is InChI=1S/C16H23N5O/c1-14-17-8-12-21(14)15-5-2-9-19(13-15)16(22)6-3-10-20-11-4-7-18-20/h4,7-8,11-12,15H,2-3,5-6,9-10,13H2,1H3/t15-/m1/s1. The Hall–Kier alpha value is -2.11. The van der Waals surface area contributed by atoms with Crippen LogP contribution in [-0.4, -0.2) is 43.2 Å². The fourth-order valence-corrected chi connectivity index (χ4v) is 3.16. The first-order chi connectivity index (χ1) is 10.7. The molecule has 1 fully saturated rings. The van der Waals surface area contributed by atoms with Crippen LogP contribution < -0.4 is 0 Å². The lowest BCUT2D eigenvalue weighted by Crippen LogP contribution is -2.40. The second-order valence-corrected chi connectivity index (χ2v) is 5.89. The molecule has 0 N–H and O–H groups in total. The van der Waals surface area contributed by atoms with Gasteiger partial charge in [0.1, 0.15) is 5.82 Å². The number of hydrogen-bond acceptors (Lipinski definition) is 3. The van der Waals surface area contributed by atoms with Crippen molar-refractivity contribution in [2.24, 2.45) is 0 Å². The maximum atomic E-state index is 12.4. The zero-order valence-electron chi connectivity index (χ0n) is 13.1. The van der Waals surface area contributed by atoms with Crippen LogP contribution in [-0.2, 0) is 11.3 Å². The number of hydrogen-bond donors (Lipinski definition) is 0. The number of piperidine rings is 1. The number of carbonyl (C=O) groups is 1. The van der Waals surface area contributed by atoms with Crippen molar-refractivity contribution in [1.29, 1.82) is 0 Å². The molecule has 6 nitrogen and oxygen atoms in total. The van der Waals surface area contributed by atoms with Gasteiger partial charge in [-0.25, -0.2) is 4.98 Å². The number of aromatic nitrogens is 4. The highest BCUT2D eigenvalue weighted by molar-refractivity contribution is 5.76. The number of rotatable bonds is 5. The average molecular weight is 301 g/mol. The number of imidazole rings is 1. The molecule has 1 atom stereocenters. The lowest BCUT2D eigenvalue weighted by atomic mass is 10.0. The predicted molar refractivity (Wildman–Crippen MR) is 83.3 cm³/mol. The van der Waals surface area contributed by atoms with E-state index in [-0.39, 0.29) is 5.91 Å². The van der Waals surface area contributed by atoms with Gasteiger partial charge in [-0.3, -0.25) is 9.48 Å². The lowest BCUT2D eigenvalue weighted by Gasteiger charge is -2.34. The number of likely N-dealkylation sites (tertiary alicyclic amines) is 1. The first kappa shape index (κ1) is 14.8. The van der Waals surface area contributed by atoms with Gasteiger partial charge in [0.05, 0.1) is 6.04 Å². The van der Waals surface area contributed by atoms with E-state index in [2.05, 4.69) is 14.6 Å². The van der Waals surface area contributed by atoms with Crippen LogP contribution in [0.15, 0.2) is 30.9 Å². The predicted octanol–water partition coefficient (Wildman–Crippen LogP) is 2.03. The normalized spacial score (nSPS) is 18.6. The highest BCUT2D eigenvalue weighted by Gasteiger charge is 2.24. The maximum absolute atomic E-state index is 12.4. The van der Waals surface area contributed by atoms with E-state index in [1.165, 1.54) is 0 Å². The Balaban J connectivity index is 1.51. The van der Waals surface area contributed by atoms with Crippen LogP contribution >= 0.6 is 0 Å². The number of amides is 1. The average Bonchev–Trinajstić information content (AvgIpc) is 3.19. The third kappa shape index (κ3) is 3.37. The summed E-state index contributed by atoms with van der Waals surface area (Å²) in [7, 11) is 0. The van der Waals surface area contributed by atoms with E-state index in [9.17, 15) is 4.79 Å². The minimum atomic E-state index is 0.259. The molecule has 1 aliphatic rings. The number of carbonyl (C=O) groups excluding carboxylic acids is 1. The Morgan fingerprint density at radius 1 is 1.36 bits per heavy atom. The zero-order chi connectivity index (χ0) is 15.4. The quantitative estimate of drug-likeness (QED) is 0.849. The van der Waals surface area contributed by atoms with Gasteiger partial charge in [-0.05, 0) is 32.3 Å². The molecule has 3 heterocycles. The molecule has 0 saturated carbocycles. The molecule has 118 valence electrons. The van der Waals surface area contributed by atoms with Crippen LogP contribution in [0.3, 0.4) is 0 Å². The summed E-state index contributed by atoms with van der Waals surface area (Å²) in [4.78, 5) is 18.7. The Labute approximate surface area is 130 Å². The van der Waals surface area contributed by atoms with E-state index in [0.29, 0.717) is 12.5 Å². The van der Waals surface area contributed by atoms with E-state index >= 15 is 0 Å². The molecule has 1 aliphatic heterocycles. The molecule has 2 aromatic rings. The highest BCUT2D eigenvalue weighted by Crippen LogP contribution is 2.23. The molecule has 3 rings (SSSR count). The molecule has 0 radical (unpaired) electrons.